The van der Waals surface area contributed by atoms with Gasteiger partial charge in [-0.15, -0.1) is 23.2 Å². The summed E-state index contributed by atoms with van der Waals surface area (Å²) in [6, 6.07) is 5.19. The topological polar surface area (TPSA) is 175 Å². The molecule has 4 atom stereocenters. The van der Waals surface area contributed by atoms with Gasteiger partial charge >= 0.3 is 11.4 Å². The maximum atomic E-state index is 14.3. The highest BCUT2D eigenvalue weighted by Gasteiger charge is 2.70. The molecule has 294 valence electrons. The lowest BCUT2D eigenvalue weighted by atomic mass is 9.60. The van der Waals surface area contributed by atoms with Gasteiger partial charge in [-0.3, -0.25) is 14.4 Å². The molecule has 2 aromatic carbocycles. The van der Waals surface area contributed by atoms with Crippen LogP contribution in [0.2, 0.25) is 0 Å². The van der Waals surface area contributed by atoms with Crippen LogP contribution in [0.4, 0.5) is 0 Å². The van der Waals surface area contributed by atoms with Crippen molar-refractivity contribution in [1.82, 2.24) is 23.5 Å². The highest BCUT2D eigenvalue weighted by atomic mass is 35.5. The summed E-state index contributed by atoms with van der Waals surface area (Å²) in [6.45, 7) is -0.348. The third-order valence-electron chi connectivity index (χ3n) is 10.6. The summed E-state index contributed by atoms with van der Waals surface area (Å²) in [5.41, 5.74) is -0.0517. The minimum Gasteiger partial charge on any atom is -0.502 e. The maximum Gasteiger partial charge on any atom is 0.347 e. The van der Waals surface area contributed by atoms with Gasteiger partial charge in [-0.25, -0.2) is 28.5 Å². The standard InChI is InChI=1S/C37H33Cl4N5O10/c1-43-22-15-25(54-3)24(53-2)14-21(22)42-20(33(43)50)9-10-44-34(51)45-11-8-18-19(7-6-17-12-26(55-4)30(47)27(13-17)56-5)37(41)32(49)29(39)28(38)31(48)36(37,40)16-23(18)46(45)35(44)52/h6-8,12-15,19,23,47H,9-11,16H2,1-5H3/t19-,23+,36+,37-/m0/s1. The molecule has 3 aliphatic rings. The van der Waals surface area contributed by atoms with E-state index < -0.39 is 66.7 Å². The number of alkyl halides is 2. The first-order valence-electron chi connectivity index (χ1n) is 17.0. The molecule has 2 aliphatic carbocycles. The van der Waals surface area contributed by atoms with E-state index in [1.165, 1.54) is 60.6 Å². The van der Waals surface area contributed by atoms with Gasteiger partial charge in [0.05, 0.1) is 52.1 Å². The molecule has 4 aromatic rings. The van der Waals surface area contributed by atoms with Gasteiger partial charge in [0, 0.05) is 44.5 Å². The van der Waals surface area contributed by atoms with Gasteiger partial charge in [0.25, 0.3) is 5.56 Å². The number of carbonyl (C=O) groups excluding carboxylic acids is 2. The molecule has 1 fully saturated rings. The minimum absolute atomic E-state index is 0.0879. The highest BCUT2D eigenvalue weighted by Crippen LogP contribution is 2.61. The van der Waals surface area contributed by atoms with Crippen molar-refractivity contribution in [3.05, 3.63) is 94.6 Å². The number of allylic oxidation sites excluding steroid dienone is 5. The molecule has 0 unspecified atom stereocenters. The number of nitrogens with zero attached hydrogens (tertiary/aromatic N) is 5. The molecule has 0 radical (unpaired) electrons. The van der Waals surface area contributed by atoms with Crippen LogP contribution in [-0.4, -0.2) is 78.3 Å². The molecule has 15 nitrogen and oxygen atoms in total. The van der Waals surface area contributed by atoms with E-state index >= 15 is 0 Å². The van der Waals surface area contributed by atoms with Crippen molar-refractivity contribution < 1.29 is 33.6 Å². The number of rotatable bonds is 9. The lowest BCUT2D eigenvalue weighted by Gasteiger charge is -2.53. The summed E-state index contributed by atoms with van der Waals surface area (Å²) in [4.78, 5) is 69.6. The number of aromatic nitrogens is 5. The van der Waals surface area contributed by atoms with Crippen molar-refractivity contribution in [3.8, 4) is 28.7 Å². The van der Waals surface area contributed by atoms with Gasteiger partial charge in [0.1, 0.15) is 25.5 Å². The van der Waals surface area contributed by atoms with Crippen LogP contribution in [0, 0.1) is 5.92 Å². The lowest BCUT2D eigenvalue weighted by molar-refractivity contribution is -0.129. The number of Topliss-reactive ketones (excluding diaryl/α,β-unsaturated/α-hetero) is 2. The largest absolute Gasteiger partial charge is 0.502 e. The zero-order chi connectivity index (χ0) is 40.6. The highest BCUT2D eigenvalue weighted by molar-refractivity contribution is 6.66. The second-order valence-electron chi connectivity index (χ2n) is 13.3. The van der Waals surface area contributed by atoms with Crippen LogP contribution >= 0.6 is 46.4 Å². The van der Waals surface area contributed by atoms with E-state index in [0.717, 1.165) is 4.57 Å². The molecule has 2 aromatic heterocycles. The first-order valence-corrected chi connectivity index (χ1v) is 18.5. The zero-order valence-electron chi connectivity index (χ0n) is 30.4. The van der Waals surface area contributed by atoms with Gasteiger partial charge in [-0.05, 0) is 23.3 Å². The van der Waals surface area contributed by atoms with E-state index in [-0.39, 0.29) is 42.5 Å². The van der Waals surface area contributed by atoms with E-state index in [1.54, 1.807) is 31.3 Å². The molecular weight excluding hydrogens is 816 g/mol. The Labute approximate surface area is 337 Å². The number of aryl methyl sites for hydroxylation is 2. The molecule has 56 heavy (non-hydrogen) atoms. The van der Waals surface area contributed by atoms with Crippen LogP contribution in [-0.2, 0) is 36.1 Å². The molecule has 0 spiro atoms. The van der Waals surface area contributed by atoms with Crippen LogP contribution in [0.5, 0.6) is 28.7 Å². The summed E-state index contributed by atoms with van der Waals surface area (Å²) >= 11 is 27.1. The van der Waals surface area contributed by atoms with E-state index in [9.17, 15) is 29.1 Å². The van der Waals surface area contributed by atoms with Gasteiger partial charge < -0.3 is 28.6 Å². The molecule has 0 bridgehead atoms. The summed E-state index contributed by atoms with van der Waals surface area (Å²) in [7, 11) is 7.23. The molecule has 1 saturated carbocycles. The smallest absolute Gasteiger partial charge is 0.347 e. The van der Waals surface area contributed by atoms with E-state index in [2.05, 4.69) is 4.98 Å². The number of phenolic OH excluding ortho intramolecular Hbond substituents is 1. The lowest BCUT2D eigenvalue weighted by Crippen LogP contribution is -2.67. The van der Waals surface area contributed by atoms with Crippen molar-refractivity contribution in [3.63, 3.8) is 0 Å². The minimum atomic E-state index is -2.24. The Morgan fingerprint density at radius 3 is 2.11 bits per heavy atom. The number of benzene rings is 2. The van der Waals surface area contributed by atoms with Crippen molar-refractivity contribution in [2.75, 3.05) is 28.4 Å². The number of hydrogen-bond donors (Lipinski definition) is 1. The quantitative estimate of drug-likeness (QED) is 0.190. The van der Waals surface area contributed by atoms with Crippen molar-refractivity contribution in [1.29, 1.82) is 0 Å². The number of phenols is 1. The monoisotopic (exact) mass is 847 g/mol. The number of hydrogen-bond acceptors (Lipinski definition) is 11. The number of methoxy groups -OCH3 is 4. The molecule has 7 rings (SSSR count). The van der Waals surface area contributed by atoms with Crippen LogP contribution in [0.25, 0.3) is 17.1 Å². The van der Waals surface area contributed by atoms with Crippen LogP contribution < -0.4 is 35.9 Å². The zero-order valence-corrected chi connectivity index (χ0v) is 33.4. The Morgan fingerprint density at radius 1 is 0.875 bits per heavy atom. The fourth-order valence-electron chi connectivity index (χ4n) is 7.76. The third-order valence-corrected chi connectivity index (χ3v) is 12.9. The molecular formula is C37H33Cl4N5O10. The number of carbonyl (C=O) groups is 2. The third kappa shape index (κ3) is 5.61. The second-order valence-corrected chi connectivity index (χ2v) is 15.3. The Balaban J connectivity index is 1.32. The van der Waals surface area contributed by atoms with Gasteiger partial charge in [-0.2, -0.15) is 0 Å². The summed E-state index contributed by atoms with van der Waals surface area (Å²) in [5.74, 6) is -2.28. The number of ether oxygens (including phenoxy) is 4. The molecule has 19 heteroatoms. The fourth-order valence-corrected chi connectivity index (χ4v) is 9.24. The van der Waals surface area contributed by atoms with Crippen LogP contribution in [0.1, 0.15) is 23.7 Å². The second kappa shape index (κ2) is 14.2. The fraction of sp³-hybridized carbons (Fsp3) is 0.351. The van der Waals surface area contributed by atoms with Crippen molar-refractivity contribution in [2.45, 2.75) is 41.7 Å². The SMILES string of the molecule is COc1cc2nc(CCn3c(=O)n4n(c3=O)[C@@H]3C[C@@]5(Cl)C(=O)C(Cl)=C(Cl)C(=O)[C@@]5(Cl)[C@@H](C=Cc5cc(OC)c(O)c(OC)c5)C3=CC4)c(=O)n(C)c2cc1OC. The Morgan fingerprint density at radius 2 is 1.48 bits per heavy atom. The predicted octanol–water partition coefficient (Wildman–Crippen LogP) is 4.05. The molecule has 0 amide bonds. The summed E-state index contributed by atoms with van der Waals surface area (Å²) < 4.78 is 26.1. The summed E-state index contributed by atoms with van der Waals surface area (Å²) in [6.07, 6.45) is 4.23. The predicted molar refractivity (Wildman–Crippen MR) is 208 cm³/mol. The average Bonchev–Trinajstić information content (AvgIpc) is 3.44. The Bertz CT molecular complexity index is 2630. The first kappa shape index (κ1) is 39.3. The number of aromatic hydroxyl groups is 1. The Hall–Kier alpha value is -4.96. The van der Waals surface area contributed by atoms with E-state index in [0.29, 0.717) is 33.7 Å². The molecule has 1 aliphatic heterocycles. The van der Waals surface area contributed by atoms with E-state index in [1.807, 2.05) is 0 Å². The van der Waals surface area contributed by atoms with Crippen LogP contribution in [0.15, 0.2) is 66.4 Å². The molecule has 3 heterocycles. The average molecular weight is 850 g/mol. The summed E-state index contributed by atoms with van der Waals surface area (Å²) in [5, 5.41) is 9.26. The van der Waals surface area contributed by atoms with Gasteiger partial charge in [-0.1, -0.05) is 41.4 Å². The molecule has 1 N–H and O–H groups in total. The molecule has 0 saturated heterocycles. The number of ketones is 2. The van der Waals surface area contributed by atoms with Crippen molar-refractivity contribution >= 4 is 75.1 Å². The Kier molecular flexibility index (Phi) is 9.96. The van der Waals surface area contributed by atoms with Crippen LogP contribution in [0.3, 0.4) is 0 Å². The maximum absolute atomic E-state index is 14.3. The number of halogens is 4. The van der Waals surface area contributed by atoms with Gasteiger partial charge in [0.2, 0.25) is 5.75 Å². The van der Waals surface area contributed by atoms with Gasteiger partial charge in [0.15, 0.2) is 34.6 Å². The van der Waals surface area contributed by atoms with E-state index in [4.69, 9.17) is 65.4 Å². The van der Waals surface area contributed by atoms with Crippen molar-refractivity contribution in [2.24, 2.45) is 13.0 Å². The first-order chi connectivity index (χ1) is 26.6. The normalized spacial score (nSPS) is 23.2. The number of fused-ring (bicyclic) bond motifs is 5.